The van der Waals surface area contributed by atoms with Crippen LogP contribution < -0.4 is 10.6 Å². The average molecular weight is 799 g/mol. The van der Waals surface area contributed by atoms with Crippen molar-refractivity contribution < 1.29 is 49.1 Å². The number of hydrogen-bond acceptors (Lipinski definition) is 6. The molecule has 10 nitrogen and oxygen atoms in total. The molecular weight excluding hydrogens is 771 g/mol. The van der Waals surface area contributed by atoms with Crippen molar-refractivity contribution in [1.82, 2.24) is 29.5 Å². The van der Waals surface area contributed by atoms with Crippen LogP contribution in [0.15, 0.2) is 91.5 Å². The van der Waals surface area contributed by atoms with Gasteiger partial charge in [-0.25, -0.2) is 22.5 Å². The molecule has 0 saturated heterocycles. The van der Waals surface area contributed by atoms with Gasteiger partial charge < -0.3 is 10.6 Å². The van der Waals surface area contributed by atoms with Gasteiger partial charge in [0, 0.05) is 58.8 Å². The summed E-state index contributed by atoms with van der Waals surface area (Å²) in [4.78, 5) is 31.6. The molecule has 57 heavy (non-hydrogen) atoms. The first-order chi connectivity index (χ1) is 27.1. The van der Waals surface area contributed by atoms with E-state index in [-0.39, 0.29) is 45.8 Å². The summed E-state index contributed by atoms with van der Waals surface area (Å²) < 4.78 is 123. The van der Waals surface area contributed by atoms with Crippen molar-refractivity contribution >= 4 is 23.2 Å². The smallest absolute Gasteiger partial charge is 0.322 e. The second-order valence-electron chi connectivity index (χ2n) is 13.1. The second kappa shape index (κ2) is 15.2. The van der Waals surface area contributed by atoms with Crippen molar-refractivity contribution in [2.45, 2.75) is 49.9 Å². The fourth-order valence-corrected chi connectivity index (χ4v) is 5.77. The summed E-state index contributed by atoms with van der Waals surface area (Å²) in [5.74, 6) is -3.93. The van der Waals surface area contributed by atoms with Gasteiger partial charge in [0.1, 0.15) is 11.4 Å². The number of nitrogens with one attached hydrogen (secondary N) is 2. The fraction of sp³-hybridized carbons (Fsp3) is 0.211. The Hall–Kier alpha value is -6.53. The highest BCUT2D eigenvalue weighted by Gasteiger charge is 2.39. The van der Waals surface area contributed by atoms with Crippen molar-refractivity contribution in [1.29, 1.82) is 0 Å². The Labute approximate surface area is 316 Å². The molecule has 0 aliphatic heterocycles. The van der Waals surface area contributed by atoms with Crippen LogP contribution in [0.25, 0.3) is 11.4 Å². The fourth-order valence-electron chi connectivity index (χ4n) is 5.77. The topological polar surface area (TPSA) is 120 Å². The second-order valence-corrected chi connectivity index (χ2v) is 13.1. The van der Waals surface area contributed by atoms with E-state index in [1.54, 1.807) is 0 Å². The molecule has 0 atom stereocenters. The van der Waals surface area contributed by atoms with Crippen LogP contribution in [-0.4, -0.2) is 41.3 Å². The number of hydrogen-bond donors (Lipinski definition) is 2. The predicted octanol–water partition coefficient (Wildman–Crippen LogP) is 9.25. The molecule has 2 fully saturated rings. The molecule has 8 rings (SSSR count). The Morgan fingerprint density at radius 3 is 1.46 bits per heavy atom. The van der Waals surface area contributed by atoms with Gasteiger partial charge in [-0.15, -0.1) is 0 Å². The zero-order valence-electron chi connectivity index (χ0n) is 29.0. The molecule has 2 saturated carbocycles. The van der Waals surface area contributed by atoms with E-state index in [1.807, 2.05) is 0 Å². The Kier molecular flexibility index (Phi) is 10.3. The van der Waals surface area contributed by atoms with Gasteiger partial charge in [0.05, 0.1) is 11.8 Å². The summed E-state index contributed by atoms with van der Waals surface area (Å²) in [6.07, 6.45) is -1.35. The number of halogens is 9. The standard InChI is InChI=1S/C19H13F5N4O.C19H14F4N4O/c20-13-7-11(26-18(29)12-5-6-25-9-14(12)21)3-4-15(13)28-16(10-1-2-10)8-17(27-28)19(22,23)24;20-14-9-13(25-18(28)12-5-7-24-8-6-12)3-4-15(14)27-16(11-1-2-11)10-17(26-27)19(21,22)23/h3-10H,1-2H2,(H,26,29);3-11H,1-2H2,(H,25,28). The lowest BCUT2D eigenvalue weighted by Crippen LogP contribution is -2.14. The Morgan fingerprint density at radius 2 is 1.04 bits per heavy atom. The summed E-state index contributed by atoms with van der Waals surface area (Å²) in [7, 11) is 0. The number of rotatable bonds is 8. The third-order valence-corrected chi connectivity index (χ3v) is 8.87. The molecule has 2 aromatic carbocycles. The van der Waals surface area contributed by atoms with Crippen LogP contribution in [0.3, 0.4) is 0 Å². The zero-order valence-corrected chi connectivity index (χ0v) is 29.0. The number of carbonyl (C=O) groups is 2. The molecule has 4 aromatic heterocycles. The van der Waals surface area contributed by atoms with Crippen LogP contribution in [0, 0.1) is 17.5 Å². The van der Waals surface area contributed by atoms with E-state index in [4.69, 9.17) is 0 Å². The number of alkyl halides is 6. The van der Waals surface area contributed by atoms with Crippen LogP contribution in [0.2, 0.25) is 0 Å². The van der Waals surface area contributed by atoms with Crippen molar-refractivity contribution in [3.8, 4) is 11.4 Å². The quantitative estimate of drug-likeness (QED) is 0.148. The molecule has 2 aliphatic carbocycles. The molecule has 4 heterocycles. The third kappa shape index (κ3) is 8.81. The number of nitrogens with zero attached hydrogens (tertiary/aromatic N) is 6. The van der Waals surface area contributed by atoms with E-state index in [0.29, 0.717) is 24.1 Å². The van der Waals surface area contributed by atoms with E-state index in [0.717, 1.165) is 52.7 Å². The van der Waals surface area contributed by atoms with Crippen molar-refractivity contribution in [2.75, 3.05) is 10.6 Å². The minimum absolute atomic E-state index is 0.0173. The van der Waals surface area contributed by atoms with Gasteiger partial charge in [-0.05, 0) is 92.4 Å². The molecule has 294 valence electrons. The first kappa shape index (κ1) is 38.7. The molecule has 6 aromatic rings. The number of benzene rings is 2. The maximum Gasteiger partial charge on any atom is 0.435 e. The molecule has 2 N–H and O–H groups in total. The van der Waals surface area contributed by atoms with Crippen LogP contribution >= 0.6 is 0 Å². The summed E-state index contributed by atoms with van der Waals surface area (Å²) in [5, 5.41) is 12.0. The van der Waals surface area contributed by atoms with E-state index >= 15 is 0 Å². The number of aromatic nitrogens is 6. The van der Waals surface area contributed by atoms with Gasteiger partial charge in [-0.1, -0.05) is 0 Å². The summed E-state index contributed by atoms with van der Waals surface area (Å²) in [6, 6.07) is 13.3. The molecule has 0 radical (unpaired) electrons. The number of pyridine rings is 2. The number of carbonyl (C=O) groups excluding carboxylic acids is 2. The molecule has 0 unspecified atom stereocenters. The van der Waals surface area contributed by atoms with E-state index in [9.17, 15) is 49.1 Å². The molecule has 2 amide bonds. The lowest BCUT2D eigenvalue weighted by atomic mass is 10.2. The lowest BCUT2D eigenvalue weighted by molar-refractivity contribution is -0.142. The minimum Gasteiger partial charge on any atom is -0.322 e. The average Bonchev–Trinajstić information content (AvgIpc) is 4.10. The van der Waals surface area contributed by atoms with E-state index in [2.05, 4.69) is 30.8 Å². The Balaban J connectivity index is 0.000000174. The highest BCUT2D eigenvalue weighted by atomic mass is 19.4. The van der Waals surface area contributed by atoms with Crippen molar-refractivity contribution in [3.63, 3.8) is 0 Å². The molecule has 2 aliphatic rings. The largest absolute Gasteiger partial charge is 0.435 e. The zero-order chi connectivity index (χ0) is 40.6. The van der Waals surface area contributed by atoms with Gasteiger partial charge in [0.15, 0.2) is 28.8 Å². The van der Waals surface area contributed by atoms with Crippen LogP contribution in [0.4, 0.5) is 50.9 Å². The Bertz CT molecular complexity index is 2460. The Morgan fingerprint density at radius 1 is 0.579 bits per heavy atom. The lowest BCUT2D eigenvalue weighted by Gasteiger charge is -2.11. The SMILES string of the molecule is O=C(Nc1ccc(-n2nc(C(F)(F)F)cc2C2CC2)c(F)c1)c1ccncc1.O=C(Nc1ccc(-n2nc(C(F)(F)F)cc2C2CC2)c(F)c1)c1ccncc1F. The minimum atomic E-state index is -4.64. The normalized spacial score (nSPS) is 14.1. The first-order valence-corrected chi connectivity index (χ1v) is 17.1. The number of amides is 2. The summed E-state index contributed by atoms with van der Waals surface area (Å²) in [6.45, 7) is 0. The highest BCUT2D eigenvalue weighted by molar-refractivity contribution is 6.04. The van der Waals surface area contributed by atoms with E-state index < -0.39 is 53.0 Å². The maximum atomic E-state index is 14.7. The first-order valence-electron chi connectivity index (χ1n) is 17.1. The van der Waals surface area contributed by atoms with Gasteiger partial charge in [-0.3, -0.25) is 19.6 Å². The van der Waals surface area contributed by atoms with Gasteiger partial charge in [-0.2, -0.15) is 36.5 Å². The summed E-state index contributed by atoms with van der Waals surface area (Å²) in [5.41, 5.74) is -1.53. The highest BCUT2D eigenvalue weighted by Crippen LogP contribution is 2.44. The molecule has 0 bridgehead atoms. The van der Waals surface area contributed by atoms with E-state index in [1.165, 1.54) is 61.1 Å². The van der Waals surface area contributed by atoms with Gasteiger partial charge in [0.2, 0.25) is 0 Å². The van der Waals surface area contributed by atoms with Gasteiger partial charge >= 0.3 is 12.4 Å². The van der Waals surface area contributed by atoms with Gasteiger partial charge in [0.25, 0.3) is 11.8 Å². The molecule has 0 spiro atoms. The monoisotopic (exact) mass is 798 g/mol. The molecule has 19 heteroatoms. The maximum absolute atomic E-state index is 14.7. The van der Waals surface area contributed by atoms with Crippen LogP contribution in [0.5, 0.6) is 0 Å². The predicted molar refractivity (Wildman–Crippen MR) is 185 cm³/mol. The number of anilines is 2. The third-order valence-electron chi connectivity index (χ3n) is 8.87. The van der Waals surface area contributed by atoms with Crippen molar-refractivity contribution in [2.24, 2.45) is 0 Å². The van der Waals surface area contributed by atoms with Crippen LogP contribution in [0.1, 0.15) is 81.0 Å². The van der Waals surface area contributed by atoms with Crippen LogP contribution in [-0.2, 0) is 12.4 Å². The van der Waals surface area contributed by atoms with Crippen molar-refractivity contribution in [3.05, 3.63) is 143 Å². The summed E-state index contributed by atoms with van der Waals surface area (Å²) >= 11 is 0. The molecular formula is C38H27F9N8O2.